The molecule has 20 heavy (non-hydrogen) atoms. The molecule has 0 amide bonds. The average molecular weight is 297 g/mol. The summed E-state index contributed by atoms with van der Waals surface area (Å²) in [5.41, 5.74) is 8.40. The molecule has 2 N–H and O–H groups in total. The molecule has 2 aliphatic rings. The van der Waals surface area contributed by atoms with Crippen LogP contribution in [-0.2, 0) is 13.1 Å². The molecule has 1 saturated heterocycles. The summed E-state index contributed by atoms with van der Waals surface area (Å²) in [6, 6.07) is 0.395. The molecule has 5 heteroatoms. The minimum Gasteiger partial charge on any atom is -0.327 e. The van der Waals surface area contributed by atoms with Crippen LogP contribution in [-0.4, -0.2) is 33.8 Å². The molecule has 2 heterocycles. The Morgan fingerprint density at radius 3 is 2.85 bits per heavy atom. The van der Waals surface area contributed by atoms with Crippen LogP contribution in [0.4, 0.5) is 0 Å². The van der Waals surface area contributed by atoms with Crippen molar-refractivity contribution >= 4 is 11.6 Å². The van der Waals surface area contributed by atoms with Gasteiger partial charge in [0.15, 0.2) is 0 Å². The second-order valence-corrected chi connectivity index (χ2v) is 6.75. The minimum atomic E-state index is 0.395. The number of halogens is 1. The van der Waals surface area contributed by atoms with Crippen LogP contribution in [0.25, 0.3) is 0 Å². The molecular weight excluding hydrogens is 272 g/mol. The van der Waals surface area contributed by atoms with E-state index < -0.39 is 0 Å². The number of aryl methyl sites for hydroxylation is 2. The zero-order chi connectivity index (χ0) is 14.3. The van der Waals surface area contributed by atoms with E-state index in [-0.39, 0.29) is 0 Å². The van der Waals surface area contributed by atoms with Crippen molar-refractivity contribution in [3.8, 4) is 0 Å². The molecule has 3 unspecified atom stereocenters. The van der Waals surface area contributed by atoms with Gasteiger partial charge >= 0.3 is 0 Å². The highest BCUT2D eigenvalue weighted by atomic mass is 35.5. The molecule has 1 aromatic heterocycles. The Bertz CT molecular complexity index is 484. The number of hydrogen-bond acceptors (Lipinski definition) is 3. The van der Waals surface area contributed by atoms with Crippen molar-refractivity contribution in [3.05, 3.63) is 16.4 Å². The number of aromatic nitrogens is 2. The summed E-state index contributed by atoms with van der Waals surface area (Å²) in [5.74, 6) is 1.47. The van der Waals surface area contributed by atoms with Crippen molar-refractivity contribution in [2.75, 3.05) is 13.1 Å². The highest BCUT2D eigenvalue weighted by Crippen LogP contribution is 2.36. The third-order valence-corrected chi connectivity index (χ3v) is 5.55. The van der Waals surface area contributed by atoms with Gasteiger partial charge in [-0.1, -0.05) is 18.0 Å². The molecule has 0 bridgehead atoms. The van der Waals surface area contributed by atoms with Gasteiger partial charge in [0.2, 0.25) is 0 Å². The second-order valence-electron chi connectivity index (χ2n) is 6.37. The molecule has 1 aliphatic heterocycles. The van der Waals surface area contributed by atoms with Gasteiger partial charge < -0.3 is 5.73 Å². The van der Waals surface area contributed by atoms with Crippen molar-refractivity contribution in [1.82, 2.24) is 14.7 Å². The van der Waals surface area contributed by atoms with E-state index in [1.807, 2.05) is 11.6 Å². The fourth-order valence-electron chi connectivity index (χ4n) is 3.97. The summed E-state index contributed by atoms with van der Waals surface area (Å²) >= 11 is 6.42. The van der Waals surface area contributed by atoms with Crippen LogP contribution < -0.4 is 5.73 Å². The highest BCUT2D eigenvalue weighted by molar-refractivity contribution is 6.31. The maximum Gasteiger partial charge on any atom is 0.0860 e. The van der Waals surface area contributed by atoms with E-state index in [9.17, 15) is 0 Å². The summed E-state index contributed by atoms with van der Waals surface area (Å²) < 4.78 is 2.04. The monoisotopic (exact) mass is 296 g/mol. The summed E-state index contributed by atoms with van der Waals surface area (Å²) in [6.07, 6.45) is 3.83. The Morgan fingerprint density at radius 2 is 2.15 bits per heavy atom. The van der Waals surface area contributed by atoms with Crippen LogP contribution in [0.3, 0.4) is 0 Å². The van der Waals surface area contributed by atoms with Crippen molar-refractivity contribution < 1.29 is 0 Å². The van der Waals surface area contributed by atoms with Gasteiger partial charge in [-0.05, 0) is 38.5 Å². The summed E-state index contributed by atoms with van der Waals surface area (Å²) in [4.78, 5) is 2.52. The largest absolute Gasteiger partial charge is 0.327 e. The standard InChI is InChI=1S/C15H25ClN4/c1-3-20-14(15(16)10(2)18-20)9-19-7-11-5-4-6-13(17)12(11)8-19/h11-13H,3-9,17H2,1-2H3. The van der Waals surface area contributed by atoms with Gasteiger partial charge in [-0.15, -0.1) is 0 Å². The number of fused-ring (bicyclic) bond motifs is 1. The molecule has 1 saturated carbocycles. The van der Waals surface area contributed by atoms with E-state index in [4.69, 9.17) is 17.3 Å². The predicted molar refractivity (Wildman–Crippen MR) is 81.7 cm³/mol. The third kappa shape index (κ3) is 2.49. The van der Waals surface area contributed by atoms with Gasteiger partial charge in [-0.2, -0.15) is 5.10 Å². The van der Waals surface area contributed by atoms with Crippen LogP contribution in [0.15, 0.2) is 0 Å². The Balaban J connectivity index is 1.73. The molecule has 0 radical (unpaired) electrons. The van der Waals surface area contributed by atoms with E-state index in [1.165, 1.54) is 31.5 Å². The number of nitrogens with two attached hydrogens (primary N) is 1. The summed E-state index contributed by atoms with van der Waals surface area (Å²) in [6.45, 7) is 8.18. The third-order valence-electron chi connectivity index (χ3n) is 5.06. The first kappa shape index (κ1) is 14.4. The van der Waals surface area contributed by atoms with Gasteiger partial charge in [0.25, 0.3) is 0 Å². The SMILES string of the molecule is CCn1nc(C)c(Cl)c1CN1CC2CCCC(N)C2C1. The first-order chi connectivity index (χ1) is 9.60. The van der Waals surface area contributed by atoms with Crippen LogP contribution in [0, 0.1) is 18.8 Å². The van der Waals surface area contributed by atoms with Crippen LogP contribution in [0.1, 0.15) is 37.6 Å². The zero-order valence-corrected chi connectivity index (χ0v) is 13.2. The molecule has 112 valence electrons. The van der Waals surface area contributed by atoms with Crippen LogP contribution in [0.2, 0.25) is 5.02 Å². The van der Waals surface area contributed by atoms with Crippen molar-refractivity contribution in [3.63, 3.8) is 0 Å². The van der Waals surface area contributed by atoms with E-state index in [0.29, 0.717) is 12.0 Å². The van der Waals surface area contributed by atoms with Gasteiger partial charge in [-0.25, -0.2) is 0 Å². The molecule has 1 aromatic rings. The van der Waals surface area contributed by atoms with E-state index in [1.54, 1.807) is 0 Å². The number of rotatable bonds is 3. The van der Waals surface area contributed by atoms with Crippen molar-refractivity contribution in [2.24, 2.45) is 17.6 Å². The number of hydrogen-bond donors (Lipinski definition) is 1. The van der Waals surface area contributed by atoms with Gasteiger partial charge in [0.1, 0.15) is 0 Å². The fourth-order valence-corrected chi connectivity index (χ4v) is 4.17. The molecule has 3 rings (SSSR count). The molecule has 0 spiro atoms. The lowest BCUT2D eigenvalue weighted by Gasteiger charge is -2.29. The van der Waals surface area contributed by atoms with Gasteiger partial charge in [0.05, 0.1) is 16.4 Å². The maximum absolute atomic E-state index is 6.42. The topological polar surface area (TPSA) is 47.1 Å². The molecule has 2 fully saturated rings. The van der Waals surface area contributed by atoms with Crippen LogP contribution >= 0.6 is 11.6 Å². The highest BCUT2D eigenvalue weighted by Gasteiger charge is 2.38. The molecule has 1 aliphatic carbocycles. The average Bonchev–Trinajstić information content (AvgIpc) is 2.96. The lowest BCUT2D eigenvalue weighted by molar-refractivity contribution is 0.259. The Kier molecular flexibility index (Phi) is 4.07. The lowest BCUT2D eigenvalue weighted by Crippen LogP contribution is -2.38. The van der Waals surface area contributed by atoms with Gasteiger partial charge in [-0.3, -0.25) is 9.58 Å². The second kappa shape index (κ2) is 5.66. The number of nitrogens with zero attached hydrogens (tertiary/aromatic N) is 3. The van der Waals surface area contributed by atoms with Crippen molar-refractivity contribution in [1.29, 1.82) is 0 Å². The van der Waals surface area contributed by atoms with Crippen molar-refractivity contribution in [2.45, 2.75) is 52.2 Å². The smallest absolute Gasteiger partial charge is 0.0860 e. The zero-order valence-electron chi connectivity index (χ0n) is 12.5. The molecule has 4 nitrogen and oxygen atoms in total. The number of likely N-dealkylation sites (tertiary alicyclic amines) is 1. The van der Waals surface area contributed by atoms with E-state index >= 15 is 0 Å². The Labute approximate surface area is 126 Å². The molecule has 0 aromatic carbocycles. The first-order valence-electron chi connectivity index (χ1n) is 7.79. The molecule has 3 atom stereocenters. The minimum absolute atomic E-state index is 0.395. The lowest BCUT2D eigenvalue weighted by atomic mass is 9.78. The Morgan fingerprint density at radius 1 is 1.35 bits per heavy atom. The van der Waals surface area contributed by atoms with E-state index in [2.05, 4.69) is 16.9 Å². The summed E-state index contributed by atoms with van der Waals surface area (Å²) in [5, 5.41) is 5.35. The first-order valence-corrected chi connectivity index (χ1v) is 8.17. The normalized spacial score (nSPS) is 30.7. The fraction of sp³-hybridized carbons (Fsp3) is 0.800. The van der Waals surface area contributed by atoms with Gasteiger partial charge in [0, 0.05) is 32.2 Å². The predicted octanol–water partition coefficient (Wildman–Crippen LogP) is 2.42. The quantitative estimate of drug-likeness (QED) is 0.932. The Hall–Kier alpha value is -0.580. The molecular formula is C15H25ClN4. The van der Waals surface area contributed by atoms with E-state index in [0.717, 1.165) is 36.3 Å². The summed E-state index contributed by atoms with van der Waals surface area (Å²) in [7, 11) is 0. The van der Waals surface area contributed by atoms with Crippen LogP contribution in [0.5, 0.6) is 0 Å². The maximum atomic E-state index is 6.42.